The highest BCUT2D eigenvalue weighted by Gasteiger charge is 2.60. The summed E-state index contributed by atoms with van der Waals surface area (Å²) in [5, 5.41) is 3.52. The van der Waals surface area contributed by atoms with Crippen molar-refractivity contribution in [1.82, 2.24) is 4.98 Å². The number of pyridine rings is 1. The SMILES string of the molecule is CC(C)(C)O[C@H]1CC[C@H](C(=O)N2Cc3cccnc3Nc3ccc(N4[C@@H]5CO[C@H]6[C@@H]5OC[C@H]64)cc32)CC1. The molecule has 2 aromatic rings. The van der Waals surface area contributed by atoms with Gasteiger partial charge in [-0.3, -0.25) is 4.79 Å². The van der Waals surface area contributed by atoms with Crippen LogP contribution in [0.15, 0.2) is 36.5 Å². The van der Waals surface area contributed by atoms with E-state index in [1.165, 1.54) is 0 Å². The summed E-state index contributed by atoms with van der Waals surface area (Å²) >= 11 is 0. The lowest BCUT2D eigenvalue weighted by molar-refractivity contribution is -0.126. The summed E-state index contributed by atoms with van der Waals surface area (Å²) in [5.41, 5.74) is 3.85. The Kier molecular flexibility index (Phi) is 5.50. The van der Waals surface area contributed by atoms with Gasteiger partial charge in [0.05, 0.1) is 54.9 Å². The fourth-order valence-corrected chi connectivity index (χ4v) is 6.98. The minimum absolute atomic E-state index is 0.00448. The number of carbonyl (C=O) groups is 1. The quantitative estimate of drug-likeness (QED) is 0.664. The molecule has 8 heteroatoms. The average Bonchev–Trinajstić information content (AvgIpc) is 3.53. The molecule has 0 unspecified atom stereocenters. The molecule has 1 aromatic heterocycles. The Morgan fingerprint density at radius 3 is 2.49 bits per heavy atom. The van der Waals surface area contributed by atoms with Crippen molar-refractivity contribution < 1.29 is 19.0 Å². The van der Waals surface area contributed by atoms with E-state index in [9.17, 15) is 4.79 Å². The van der Waals surface area contributed by atoms with Crippen molar-refractivity contribution in [3.05, 3.63) is 42.1 Å². The first kappa shape index (κ1) is 23.4. The van der Waals surface area contributed by atoms with Gasteiger partial charge in [0.25, 0.3) is 0 Å². The van der Waals surface area contributed by atoms with Crippen LogP contribution in [0.2, 0.25) is 0 Å². The molecule has 196 valence electrons. The maximum Gasteiger partial charge on any atom is 0.230 e. The van der Waals surface area contributed by atoms with Gasteiger partial charge in [0.1, 0.15) is 18.0 Å². The molecule has 4 atom stereocenters. The Balaban J connectivity index is 1.19. The second-order valence-corrected chi connectivity index (χ2v) is 12.1. The topological polar surface area (TPSA) is 76.2 Å². The zero-order valence-corrected chi connectivity index (χ0v) is 21.9. The third kappa shape index (κ3) is 4.01. The highest BCUT2D eigenvalue weighted by atomic mass is 16.6. The standard InChI is InChI=1S/C29H36N4O4/c1-29(2,3)37-20-9-6-17(7-10-20)28(34)32-14-18-5-4-12-30-27(18)31-21-11-8-19(13-22(21)32)33-23-15-35-26-24(33)16-36-25(23)26/h4-5,8,11-13,17,20,23-26H,6-7,9-10,14-16H2,1-3H3,(H,30,31)/t17-,20-,23-,24-,25-,26-/m1/s1. The zero-order chi connectivity index (χ0) is 25.3. The molecule has 1 amide bonds. The number of nitrogens with one attached hydrogen (secondary N) is 1. The molecule has 0 spiro atoms. The molecular weight excluding hydrogens is 468 g/mol. The number of morpholine rings is 2. The zero-order valence-electron chi connectivity index (χ0n) is 21.9. The highest BCUT2D eigenvalue weighted by Crippen LogP contribution is 2.46. The fourth-order valence-electron chi connectivity index (χ4n) is 6.98. The van der Waals surface area contributed by atoms with E-state index in [1.807, 2.05) is 11.0 Å². The average molecular weight is 505 g/mol. The van der Waals surface area contributed by atoms with Crippen molar-refractivity contribution in [2.75, 3.05) is 28.3 Å². The Morgan fingerprint density at radius 1 is 1.05 bits per heavy atom. The third-order valence-corrected chi connectivity index (χ3v) is 8.57. The van der Waals surface area contributed by atoms with E-state index in [0.717, 1.165) is 54.1 Å². The van der Waals surface area contributed by atoms with Crippen LogP contribution >= 0.6 is 0 Å². The number of fused-ring (bicyclic) bond motifs is 2. The van der Waals surface area contributed by atoms with Crippen LogP contribution in [0.25, 0.3) is 0 Å². The van der Waals surface area contributed by atoms with Gasteiger partial charge in [-0.25, -0.2) is 4.98 Å². The van der Waals surface area contributed by atoms with Gasteiger partial charge in [0, 0.05) is 23.4 Å². The number of rotatable bonds is 3. The molecule has 7 rings (SSSR count). The molecule has 0 radical (unpaired) electrons. The Hall–Kier alpha value is -2.68. The second-order valence-electron chi connectivity index (χ2n) is 12.1. The van der Waals surface area contributed by atoms with Gasteiger partial charge in [0.2, 0.25) is 5.91 Å². The first-order chi connectivity index (χ1) is 17.9. The first-order valence-electron chi connectivity index (χ1n) is 13.7. The Bertz CT molecular complexity index is 1190. The summed E-state index contributed by atoms with van der Waals surface area (Å²) in [4.78, 5) is 23.2. The predicted octanol–water partition coefficient (Wildman–Crippen LogP) is 4.40. The number of anilines is 4. The van der Waals surface area contributed by atoms with Crippen LogP contribution in [0.1, 0.15) is 52.0 Å². The van der Waals surface area contributed by atoms with Crippen LogP contribution in [0.5, 0.6) is 0 Å². The molecule has 1 aliphatic carbocycles. The van der Waals surface area contributed by atoms with Crippen molar-refractivity contribution >= 4 is 28.8 Å². The van der Waals surface area contributed by atoms with Gasteiger partial charge in [-0.2, -0.15) is 0 Å². The van der Waals surface area contributed by atoms with Gasteiger partial charge in [-0.1, -0.05) is 6.07 Å². The third-order valence-electron chi connectivity index (χ3n) is 8.57. The van der Waals surface area contributed by atoms with Crippen molar-refractivity contribution in [1.29, 1.82) is 0 Å². The lowest BCUT2D eigenvalue weighted by Gasteiger charge is -2.39. The summed E-state index contributed by atoms with van der Waals surface area (Å²) in [6.07, 6.45) is 5.88. The maximum absolute atomic E-state index is 14.1. The van der Waals surface area contributed by atoms with E-state index < -0.39 is 0 Å². The van der Waals surface area contributed by atoms with Crippen LogP contribution in [-0.4, -0.2) is 60.1 Å². The van der Waals surface area contributed by atoms with Crippen molar-refractivity contribution in [2.45, 2.75) is 89.0 Å². The number of benzene rings is 1. The number of carbonyl (C=O) groups excluding carboxylic acids is 1. The molecule has 4 bridgehead atoms. The van der Waals surface area contributed by atoms with Crippen molar-refractivity contribution in [3.8, 4) is 0 Å². The second kappa shape index (κ2) is 8.68. The van der Waals surface area contributed by atoms with Gasteiger partial charge < -0.3 is 29.3 Å². The van der Waals surface area contributed by atoms with E-state index in [1.54, 1.807) is 6.20 Å². The lowest BCUT2D eigenvalue weighted by atomic mass is 9.86. The highest BCUT2D eigenvalue weighted by molar-refractivity contribution is 6.00. The van der Waals surface area contributed by atoms with Gasteiger partial charge in [-0.15, -0.1) is 0 Å². The molecule has 37 heavy (non-hydrogen) atoms. The number of amides is 1. The molecule has 1 N–H and O–H groups in total. The van der Waals surface area contributed by atoms with E-state index >= 15 is 0 Å². The summed E-state index contributed by atoms with van der Waals surface area (Å²) in [7, 11) is 0. The van der Waals surface area contributed by atoms with Gasteiger partial charge in [-0.05, 0) is 70.7 Å². The fraction of sp³-hybridized carbons (Fsp3) is 0.586. The molecule has 4 fully saturated rings. The predicted molar refractivity (Wildman–Crippen MR) is 141 cm³/mol. The normalized spacial score (nSPS) is 32.1. The number of aromatic nitrogens is 1. The van der Waals surface area contributed by atoms with Crippen LogP contribution < -0.4 is 15.1 Å². The van der Waals surface area contributed by atoms with E-state index in [2.05, 4.69) is 60.2 Å². The smallest absolute Gasteiger partial charge is 0.230 e. The molecule has 5 heterocycles. The molecule has 5 aliphatic rings. The molecule has 1 saturated carbocycles. The van der Waals surface area contributed by atoms with Crippen LogP contribution in [0, 0.1) is 5.92 Å². The van der Waals surface area contributed by atoms with Gasteiger partial charge >= 0.3 is 0 Å². The number of ether oxygens (including phenoxy) is 3. The number of nitrogens with zero attached hydrogens (tertiary/aromatic N) is 3. The van der Waals surface area contributed by atoms with Crippen molar-refractivity contribution in [3.63, 3.8) is 0 Å². The van der Waals surface area contributed by atoms with Crippen LogP contribution in [0.4, 0.5) is 22.9 Å². The number of hydrogen-bond acceptors (Lipinski definition) is 7. The van der Waals surface area contributed by atoms with Gasteiger partial charge in [0.15, 0.2) is 0 Å². The van der Waals surface area contributed by atoms with Crippen molar-refractivity contribution in [2.24, 2.45) is 5.92 Å². The van der Waals surface area contributed by atoms with E-state index in [0.29, 0.717) is 19.8 Å². The summed E-state index contributed by atoms with van der Waals surface area (Å²) in [5.74, 6) is 1.01. The molecular formula is C29H36N4O4. The lowest BCUT2D eigenvalue weighted by Crippen LogP contribution is -2.50. The maximum atomic E-state index is 14.1. The van der Waals surface area contributed by atoms with E-state index in [-0.39, 0.29) is 47.8 Å². The van der Waals surface area contributed by atoms with E-state index in [4.69, 9.17) is 14.2 Å². The molecule has 3 saturated heterocycles. The molecule has 8 nitrogen and oxygen atoms in total. The summed E-state index contributed by atoms with van der Waals surface area (Å²) in [6, 6.07) is 10.9. The Labute approximate surface area is 218 Å². The van der Waals surface area contributed by atoms with Crippen LogP contribution in [0.3, 0.4) is 0 Å². The number of hydrogen-bond donors (Lipinski definition) is 1. The largest absolute Gasteiger partial charge is 0.373 e. The summed E-state index contributed by atoms with van der Waals surface area (Å²) < 4.78 is 18.2. The minimum Gasteiger partial charge on any atom is -0.373 e. The first-order valence-corrected chi connectivity index (χ1v) is 13.7. The minimum atomic E-state index is -0.158. The molecule has 4 aliphatic heterocycles. The Morgan fingerprint density at radius 2 is 1.78 bits per heavy atom. The monoisotopic (exact) mass is 504 g/mol. The summed E-state index contributed by atoms with van der Waals surface area (Å²) in [6.45, 7) is 8.20. The molecule has 1 aromatic carbocycles. The van der Waals surface area contributed by atoms with Crippen LogP contribution in [-0.2, 0) is 25.5 Å².